The van der Waals surface area contributed by atoms with E-state index in [4.69, 9.17) is 0 Å². The molecule has 0 bridgehead atoms. The minimum Gasteiger partial charge on any atom is -0.396 e. The Labute approximate surface area is 105 Å². The maximum absolute atomic E-state index is 11.2. The van der Waals surface area contributed by atoms with Crippen molar-refractivity contribution in [3.05, 3.63) is 0 Å². The minimum atomic E-state index is -0.639. The second-order valence-electron chi connectivity index (χ2n) is 7.53. The molecule has 2 unspecified atom stereocenters. The largest absolute Gasteiger partial charge is 0.396 e. The molecule has 0 saturated heterocycles. The van der Waals surface area contributed by atoms with E-state index in [0.29, 0.717) is 5.92 Å². The van der Waals surface area contributed by atoms with Gasteiger partial charge in [0.15, 0.2) is 0 Å². The first-order chi connectivity index (χ1) is 7.83. The number of aliphatic hydroxyl groups excluding tert-OH is 1. The van der Waals surface area contributed by atoms with Gasteiger partial charge in [0, 0.05) is 5.41 Å². The molecular weight excluding hydrogens is 212 g/mol. The summed E-state index contributed by atoms with van der Waals surface area (Å²) in [5, 5.41) is 21.0. The van der Waals surface area contributed by atoms with Gasteiger partial charge in [-0.05, 0) is 43.4 Å². The summed E-state index contributed by atoms with van der Waals surface area (Å²) in [6, 6.07) is 0. The molecule has 0 aliphatic heterocycles. The van der Waals surface area contributed by atoms with Gasteiger partial charge in [-0.2, -0.15) is 0 Å². The lowest BCUT2D eigenvalue weighted by Crippen LogP contribution is -2.55. The average molecular weight is 240 g/mol. The van der Waals surface area contributed by atoms with Crippen molar-refractivity contribution >= 4 is 0 Å². The molecular formula is C15H28O2. The summed E-state index contributed by atoms with van der Waals surface area (Å²) in [5.41, 5.74) is -0.643. The molecule has 0 radical (unpaired) electrons. The lowest BCUT2D eigenvalue weighted by molar-refractivity contribution is -0.161. The van der Waals surface area contributed by atoms with Crippen LogP contribution >= 0.6 is 0 Å². The molecule has 2 N–H and O–H groups in total. The van der Waals surface area contributed by atoms with E-state index in [2.05, 4.69) is 20.8 Å². The van der Waals surface area contributed by atoms with E-state index in [1.54, 1.807) is 0 Å². The molecule has 0 heterocycles. The van der Waals surface area contributed by atoms with Gasteiger partial charge in [-0.3, -0.25) is 0 Å². The second-order valence-corrected chi connectivity index (χ2v) is 7.53. The Balaban J connectivity index is 2.27. The Morgan fingerprint density at radius 3 is 2.18 bits per heavy atom. The monoisotopic (exact) mass is 240 g/mol. The fourth-order valence-electron chi connectivity index (χ4n) is 4.75. The summed E-state index contributed by atoms with van der Waals surface area (Å²) in [4.78, 5) is 0. The van der Waals surface area contributed by atoms with Gasteiger partial charge in [-0.25, -0.2) is 0 Å². The van der Waals surface area contributed by atoms with Gasteiger partial charge in [0.2, 0.25) is 0 Å². The predicted molar refractivity (Wildman–Crippen MR) is 69.7 cm³/mol. The van der Waals surface area contributed by atoms with E-state index in [-0.39, 0.29) is 17.4 Å². The van der Waals surface area contributed by atoms with Crippen molar-refractivity contribution in [2.24, 2.45) is 16.7 Å². The van der Waals surface area contributed by atoms with Gasteiger partial charge in [-0.1, -0.05) is 33.6 Å². The zero-order valence-electron chi connectivity index (χ0n) is 11.6. The van der Waals surface area contributed by atoms with Crippen LogP contribution in [0.15, 0.2) is 0 Å². The molecule has 0 aromatic carbocycles. The fourth-order valence-corrected chi connectivity index (χ4v) is 4.75. The van der Waals surface area contributed by atoms with Crippen LogP contribution in [0.3, 0.4) is 0 Å². The Morgan fingerprint density at radius 1 is 1.12 bits per heavy atom. The molecule has 2 heteroatoms. The van der Waals surface area contributed by atoms with Crippen molar-refractivity contribution < 1.29 is 10.2 Å². The number of hydrogen-bond donors (Lipinski definition) is 2. The third-order valence-electron chi connectivity index (χ3n) is 5.21. The van der Waals surface area contributed by atoms with E-state index >= 15 is 0 Å². The lowest BCUT2D eigenvalue weighted by Gasteiger charge is -2.53. The zero-order chi connectivity index (χ0) is 12.7. The SMILES string of the molecule is CC1CC(C)(C)CC(O)(C2(CO)CCCC2)C1. The third-order valence-corrected chi connectivity index (χ3v) is 5.21. The van der Waals surface area contributed by atoms with E-state index < -0.39 is 5.60 Å². The predicted octanol–water partition coefficient (Wildman–Crippen LogP) is 3.12. The first-order valence-corrected chi connectivity index (χ1v) is 7.16. The molecule has 2 atom stereocenters. The van der Waals surface area contributed by atoms with Gasteiger partial charge in [-0.15, -0.1) is 0 Å². The molecule has 100 valence electrons. The molecule has 2 nitrogen and oxygen atoms in total. The van der Waals surface area contributed by atoms with Crippen molar-refractivity contribution in [2.45, 2.75) is 71.3 Å². The molecule has 0 aromatic heterocycles. The zero-order valence-corrected chi connectivity index (χ0v) is 11.6. The van der Waals surface area contributed by atoms with Crippen LogP contribution in [-0.2, 0) is 0 Å². The van der Waals surface area contributed by atoms with Gasteiger partial charge in [0.1, 0.15) is 0 Å². The Bertz CT molecular complexity index is 279. The molecule has 0 spiro atoms. The van der Waals surface area contributed by atoms with E-state index in [9.17, 15) is 10.2 Å². The van der Waals surface area contributed by atoms with Crippen molar-refractivity contribution in [1.29, 1.82) is 0 Å². The van der Waals surface area contributed by atoms with E-state index in [1.807, 2.05) is 0 Å². The molecule has 0 aromatic rings. The highest BCUT2D eigenvalue weighted by atomic mass is 16.3. The summed E-state index contributed by atoms with van der Waals surface area (Å²) < 4.78 is 0. The highest BCUT2D eigenvalue weighted by Crippen LogP contribution is 2.56. The number of rotatable bonds is 2. The molecule has 2 aliphatic rings. The molecule has 2 saturated carbocycles. The van der Waals surface area contributed by atoms with Crippen LogP contribution in [0.2, 0.25) is 0 Å². The van der Waals surface area contributed by atoms with Crippen LogP contribution < -0.4 is 0 Å². The van der Waals surface area contributed by atoms with Crippen molar-refractivity contribution in [1.82, 2.24) is 0 Å². The average Bonchev–Trinajstić information content (AvgIpc) is 2.62. The summed E-state index contributed by atoms with van der Waals surface area (Å²) in [6.07, 6.45) is 7.25. The molecule has 17 heavy (non-hydrogen) atoms. The Hall–Kier alpha value is -0.0800. The van der Waals surface area contributed by atoms with Crippen molar-refractivity contribution in [3.8, 4) is 0 Å². The van der Waals surface area contributed by atoms with Gasteiger partial charge >= 0.3 is 0 Å². The molecule has 2 aliphatic carbocycles. The second kappa shape index (κ2) is 4.24. The maximum Gasteiger partial charge on any atom is 0.0733 e. The standard InChI is InChI=1S/C15H28O2/c1-12-8-13(2,3)10-15(17,9-12)14(11-16)6-4-5-7-14/h12,16-17H,4-11H2,1-3H3. The Morgan fingerprint density at radius 2 is 1.71 bits per heavy atom. The summed E-state index contributed by atoms with van der Waals surface area (Å²) >= 11 is 0. The lowest BCUT2D eigenvalue weighted by atomic mass is 9.56. The highest BCUT2D eigenvalue weighted by Gasteiger charge is 2.55. The normalized spacial score (nSPS) is 40.4. The minimum absolute atomic E-state index is 0.159. The van der Waals surface area contributed by atoms with Crippen LogP contribution in [0, 0.1) is 16.7 Å². The fraction of sp³-hybridized carbons (Fsp3) is 1.00. The van der Waals surface area contributed by atoms with Crippen molar-refractivity contribution in [2.75, 3.05) is 6.61 Å². The van der Waals surface area contributed by atoms with Crippen LogP contribution in [0.5, 0.6) is 0 Å². The van der Waals surface area contributed by atoms with Gasteiger partial charge in [0.25, 0.3) is 0 Å². The Kier molecular flexibility index (Phi) is 3.33. The first-order valence-electron chi connectivity index (χ1n) is 7.16. The van der Waals surface area contributed by atoms with Crippen LogP contribution in [0.4, 0.5) is 0 Å². The van der Waals surface area contributed by atoms with E-state index in [0.717, 1.165) is 38.5 Å². The van der Waals surface area contributed by atoms with E-state index in [1.165, 1.54) is 6.42 Å². The van der Waals surface area contributed by atoms with Crippen molar-refractivity contribution in [3.63, 3.8) is 0 Å². The van der Waals surface area contributed by atoms with Gasteiger partial charge < -0.3 is 10.2 Å². The van der Waals surface area contributed by atoms with Gasteiger partial charge in [0.05, 0.1) is 12.2 Å². The molecule has 2 rings (SSSR count). The third kappa shape index (κ3) is 2.26. The van der Waals surface area contributed by atoms with Crippen LogP contribution in [0.25, 0.3) is 0 Å². The number of aliphatic hydroxyl groups is 2. The smallest absolute Gasteiger partial charge is 0.0733 e. The van der Waals surface area contributed by atoms with Crippen LogP contribution in [-0.4, -0.2) is 22.4 Å². The first kappa shape index (κ1) is 13.4. The molecule has 0 amide bonds. The topological polar surface area (TPSA) is 40.5 Å². The van der Waals surface area contributed by atoms with Crippen LogP contribution in [0.1, 0.15) is 65.7 Å². The number of hydrogen-bond acceptors (Lipinski definition) is 2. The highest BCUT2D eigenvalue weighted by molar-refractivity contribution is 5.06. The maximum atomic E-state index is 11.2. The quantitative estimate of drug-likeness (QED) is 0.778. The summed E-state index contributed by atoms with van der Waals surface area (Å²) in [5.74, 6) is 0.563. The molecule has 2 fully saturated rings. The summed E-state index contributed by atoms with van der Waals surface area (Å²) in [6.45, 7) is 6.92. The summed E-state index contributed by atoms with van der Waals surface area (Å²) in [7, 11) is 0.